The second-order valence-corrected chi connectivity index (χ2v) is 6.32. The van der Waals surface area contributed by atoms with Gasteiger partial charge in [-0.05, 0) is 50.5 Å². The highest BCUT2D eigenvalue weighted by atomic mass is 16.2. The molecule has 3 rings (SSSR count). The Morgan fingerprint density at radius 3 is 2.70 bits per heavy atom. The van der Waals surface area contributed by atoms with Gasteiger partial charge in [0.1, 0.15) is 6.54 Å². The Labute approximate surface area is 137 Å². The highest BCUT2D eigenvalue weighted by Crippen LogP contribution is 2.30. The summed E-state index contributed by atoms with van der Waals surface area (Å²) >= 11 is 0. The van der Waals surface area contributed by atoms with E-state index in [0.29, 0.717) is 6.54 Å². The summed E-state index contributed by atoms with van der Waals surface area (Å²) in [6.07, 6.45) is 8.06. The van der Waals surface area contributed by atoms with Crippen LogP contribution in [0.25, 0.3) is 0 Å². The van der Waals surface area contributed by atoms with Gasteiger partial charge < -0.3 is 4.90 Å². The molecule has 1 aliphatic rings. The van der Waals surface area contributed by atoms with Crippen LogP contribution in [0.4, 0.5) is 0 Å². The van der Waals surface area contributed by atoms with Crippen LogP contribution >= 0.6 is 0 Å². The van der Waals surface area contributed by atoms with Gasteiger partial charge in [-0.3, -0.25) is 14.5 Å². The Morgan fingerprint density at radius 1 is 1.22 bits per heavy atom. The van der Waals surface area contributed by atoms with E-state index in [4.69, 9.17) is 0 Å². The first-order valence-electron chi connectivity index (χ1n) is 8.35. The van der Waals surface area contributed by atoms with Crippen molar-refractivity contribution in [2.45, 2.75) is 52.1 Å². The fourth-order valence-electron chi connectivity index (χ4n) is 3.39. The smallest absolute Gasteiger partial charge is 0.244 e. The van der Waals surface area contributed by atoms with Crippen molar-refractivity contribution >= 4 is 5.91 Å². The number of likely N-dealkylation sites (tertiary alicyclic amines) is 1. The van der Waals surface area contributed by atoms with Crippen LogP contribution in [0.3, 0.4) is 0 Å². The summed E-state index contributed by atoms with van der Waals surface area (Å²) in [6.45, 7) is 5.10. The largest absolute Gasteiger partial charge is 0.334 e. The van der Waals surface area contributed by atoms with Crippen molar-refractivity contribution < 1.29 is 4.79 Å². The Balaban J connectivity index is 1.81. The predicted octanol–water partition coefficient (Wildman–Crippen LogP) is 3.04. The van der Waals surface area contributed by atoms with Crippen LogP contribution in [-0.4, -0.2) is 32.1 Å². The van der Waals surface area contributed by atoms with Crippen LogP contribution in [0, 0.1) is 13.8 Å². The van der Waals surface area contributed by atoms with Crippen molar-refractivity contribution in [1.29, 1.82) is 0 Å². The second kappa shape index (κ2) is 6.94. The molecule has 0 saturated carbocycles. The van der Waals surface area contributed by atoms with Gasteiger partial charge in [0.2, 0.25) is 5.91 Å². The van der Waals surface area contributed by atoms with E-state index in [1.807, 2.05) is 54.0 Å². The summed E-state index contributed by atoms with van der Waals surface area (Å²) in [5.41, 5.74) is 3.17. The second-order valence-electron chi connectivity index (χ2n) is 6.32. The van der Waals surface area contributed by atoms with Gasteiger partial charge in [0.05, 0.1) is 11.7 Å². The lowest BCUT2D eigenvalue weighted by Crippen LogP contribution is -2.37. The standard InChI is InChI=1S/C18H24N4O/c1-14-12-15(2)22(20-14)13-18(23)21-11-5-3-4-6-17(21)16-7-9-19-10-8-16/h7-10,12,17H,3-6,11,13H2,1-2H3/t17-/m1/s1. The Bertz CT molecular complexity index is 665. The molecule has 122 valence electrons. The number of pyridine rings is 1. The zero-order chi connectivity index (χ0) is 16.2. The van der Waals surface area contributed by atoms with E-state index in [9.17, 15) is 4.79 Å². The summed E-state index contributed by atoms with van der Waals surface area (Å²) in [5, 5.41) is 4.43. The molecule has 1 fully saturated rings. The third-order valence-corrected chi connectivity index (χ3v) is 4.55. The van der Waals surface area contributed by atoms with Gasteiger partial charge in [-0.2, -0.15) is 5.10 Å². The summed E-state index contributed by atoms with van der Waals surface area (Å²) in [4.78, 5) is 19.1. The summed E-state index contributed by atoms with van der Waals surface area (Å²) in [6, 6.07) is 6.22. The Kier molecular flexibility index (Phi) is 4.74. The summed E-state index contributed by atoms with van der Waals surface area (Å²) < 4.78 is 1.81. The minimum Gasteiger partial charge on any atom is -0.334 e. The SMILES string of the molecule is Cc1cc(C)n(CC(=O)N2CCCCC[C@@H]2c2ccncc2)n1. The van der Waals surface area contributed by atoms with Crippen LogP contribution in [0.15, 0.2) is 30.6 Å². The predicted molar refractivity (Wildman–Crippen MR) is 88.9 cm³/mol. The van der Waals surface area contributed by atoms with E-state index in [-0.39, 0.29) is 11.9 Å². The molecule has 0 spiro atoms. The summed E-state index contributed by atoms with van der Waals surface area (Å²) in [5.74, 6) is 0.153. The van der Waals surface area contributed by atoms with Gasteiger partial charge in [0.25, 0.3) is 0 Å². The van der Waals surface area contributed by atoms with E-state index in [1.54, 1.807) is 0 Å². The topological polar surface area (TPSA) is 51.0 Å². The highest BCUT2D eigenvalue weighted by molar-refractivity contribution is 5.76. The molecule has 0 aliphatic carbocycles. The molecule has 0 bridgehead atoms. The maximum Gasteiger partial charge on any atom is 0.244 e. The molecular formula is C18H24N4O. The molecule has 0 aromatic carbocycles. The zero-order valence-electron chi connectivity index (χ0n) is 13.9. The van der Waals surface area contributed by atoms with Crippen molar-refractivity contribution in [1.82, 2.24) is 19.7 Å². The van der Waals surface area contributed by atoms with Gasteiger partial charge in [-0.15, -0.1) is 0 Å². The minimum atomic E-state index is 0.153. The van der Waals surface area contributed by atoms with E-state index >= 15 is 0 Å². The number of carbonyl (C=O) groups excluding carboxylic acids is 1. The van der Waals surface area contributed by atoms with Gasteiger partial charge in [-0.25, -0.2) is 0 Å². The van der Waals surface area contributed by atoms with Gasteiger partial charge in [-0.1, -0.05) is 12.8 Å². The quantitative estimate of drug-likeness (QED) is 0.875. The molecule has 1 amide bonds. The average Bonchev–Trinajstić information content (AvgIpc) is 2.76. The fourth-order valence-corrected chi connectivity index (χ4v) is 3.39. The molecular weight excluding hydrogens is 288 g/mol. The molecule has 1 aliphatic heterocycles. The number of aromatic nitrogens is 3. The lowest BCUT2D eigenvalue weighted by molar-refractivity contribution is -0.134. The Morgan fingerprint density at radius 2 is 2.00 bits per heavy atom. The molecule has 1 saturated heterocycles. The van der Waals surface area contributed by atoms with E-state index in [1.165, 1.54) is 12.0 Å². The molecule has 0 N–H and O–H groups in total. The average molecular weight is 312 g/mol. The monoisotopic (exact) mass is 312 g/mol. The molecule has 0 radical (unpaired) electrons. The van der Waals surface area contributed by atoms with Gasteiger partial charge in [0, 0.05) is 24.6 Å². The molecule has 3 heterocycles. The third-order valence-electron chi connectivity index (χ3n) is 4.55. The molecule has 1 atom stereocenters. The minimum absolute atomic E-state index is 0.153. The number of hydrogen-bond donors (Lipinski definition) is 0. The van der Waals surface area contributed by atoms with Crippen molar-refractivity contribution in [3.05, 3.63) is 47.5 Å². The van der Waals surface area contributed by atoms with Crippen molar-refractivity contribution in [2.24, 2.45) is 0 Å². The van der Waals surface area contributed by atoms with Crippen molar-refractivity contribution in [2.75, 3.05) is 6.54 Å². The van der Waals surface area contributed by atoms with Gasteiger partial charge in [0.15, 0.2) is 0 Å². The first-order valence-corrected chi connectivity index (χ1v) is 8.35. The molecule has 5 heteroatoms. The third kappa shape index (κ3) is 3.60. The fraction of sp³-hybridized carbons (Fsp3) is 0.500. The van der Waals surface area contributed by atoms with Crippen LogP contribution in [-0.2, 0) is 11.3 Å². The van der Waals surface area contributed by atoms with Crippen LogP contribution in [0.1, 0.15) is 48.7 Å². The van der Waals surface area contributed by atoms with Crippen LogP contribution in [0.5, 0.6) is 0 Å². The number of carbonyl (C=O) groups is 1. The first kappa shape index (κ1) is 15.7. The van der Waals surface area contributed by atoms with Crippen LogP contribution < -0.4 is 0 Å². The van der Waals surface area contributed by atoms with Crippen LogP contribution in [0.2, 0.25) is 0 Å². The maximum absolute atomic E-state index is 12.9. The molecule has 2 aromatic rings. The first-order chi connectivity index (χ1) is 11.1. The maximum atomic E-state index is 12.9. The number of aryl methyl sites for hydroxylation is 2. The zero-order valence-corrected chi connectivity index (χ0v) is 13.9. The van der Waals surface area contributed by atoms with E-state index in [2.05, 4.69) is 10.1 Å². The number of rotatable bonds is 3. The van der Waals surface area contributed by atoms with Crippen molar-refractivity contribution in [3.8, 4) is 0 Å². The summed E-state index contributed by atoms with van der Waals surface area (Å²) in [7, 11) is 0. The molecule has 5 nitrogen and oxygen atoms in total. The van der Waals surface area contributed by atoms with Crippen molar-refractivity contribution in [3.63, 3.8) is 0 Å². The van der Waals surface area contributed by atoms with E-state index < -0.39 is 0 Å². The number of hydrogen-bond acceptors (Lipinski definition) is 3. The van der Waals surface area contributed by atoms with E-state index in [0.717, 1.165) is 37.2 Å². The number of nitrogens with zero attached hydrogens (tertiary/aromatic N) is 4. The van der Waals surface area contributed by atoms with Gasteiger partial charge >= 0.3 is 0 Å². The lowest BCUT2D eigenvalue weighted by Gasteiger charge is -2.30. The number of amides is 1. The molecule has 2 aromatic heterocycles. The molecule has 0 unspecified atom stereocenters. The Hall–Kier alpha value is -2.17. The molecule has 23 heavy (non-hydrogen) atoms. The lowest BCUT2D eigenvalue weighted by atomic mass is 10.0. The highest BCUT2D eigenvalue weighted by Gasteiger charge is 2.27. The normalized spacial score (nSPS) is 18.7.